The van der Waals surface area contributed by atoms with Gasteiger partial charge >= 0.3 is 0 Å². The average Bonchev–Trinajstić information content (AvgIpc) is 2.76. The van der Waals surface area contributed by atoms with Crippen LogP contribution in [-0.4, -0.2) is 25.8 Å². The summed E-state index contributed by atoms with van der Waals surface area (Å²) in [6.45, 7) is 1.30. The van der Waals surface area contributed by atoms with Crippen molar-refractivity contribution in [1.29, 1.82) is 0 Å². The molecular formula is C12H18ClNO2S2. The number of hydrogen-bond acceptors (Lipinski definition) is 3. The van der Waals surface area contributed by atoms with Gasteiger partial charge in [0.25, 0.3) is 10.0 Å². The van der Waals surface area contributed by atoms with E-state index in [1.54, 1.807) is 16.4 Å². The summed E-state index contributed by atoms with van der Waals surface area (Å²) in [4.78, 5) is 0.905. The third-order valence-electron chi connectivity index (χ3n) is 3.18. The summed E-state index contributed by atoms with van der Waals surface area (Å²) in [5.41, 5.74) is 0. The van der Waals surface area contributed by atoms with Crippen LogP contribution in [0.25, 0.3) is 0 Å². The Kier molecular flexibility index (Phi) is 5.06. The summed E-state index contributed by atoms with van der Waals surface area (Å²) in [6, 6.07) is 3.48. The molecule has 1 fully saturated rings. The summed E-state index contributed by atoms with van der Waals surface area (Å²) < 4.78 is 27.0. The topological polar surface area (TPSA) is 37.4 Å². The molecule has 0 radical (unpaired) electrons. The fourth-order valence-corrected chi connectivity index (χ4v) is 5.28. The molecule has 18 heavy (non-hydrogen) atoms. The predicted octanol–water partition coefficient (Wildman–Crippen LogP) is 3.44. The third kappa shape index (κ3) is 3.26. The van der Waals surface area contributed by atoms with Crippen molar-refractivity contribution in [2.75, 3.05) is 13.1 Å². The van der Waals surface area contributed by atoms with Crippen molar-refractivity contribution in [3.05, 3.63) is 17.0 Å². The zero-order chi connectivity index (χ0) is 13.0. The zero-order valence-corrected chi connectivity index (χ0v) is 12.7. The first kappa shape index (κ1) is 14.3. The lowest BCUT2D eigenvalue weighted by atomic mass is 10.1. The van der Waals surface area contributed by atoms with Crippen molar-refractivity contribution in [1.82, 2.24) is 4.31 Å². The first-order valence-corrected chi connectivity index (χ1v) is 9.08. The Labute approximate surface area is 118 Å². The van der Waals surface area contributed by atoms with Crippen molar-refractivity contribution in [2.45, 2.75) is 42.2 Å². The summed E-state index contributed by atoms with van der Waals surface area (Å²) in [6.07, 6.45) is 5.41. The molecular weight excluding hydrogens is 290 g/mol. The van der Waals surface area contributed by atoms with Gasteiger partial charge in [0.1, 0.15) is 4.21 Å². The van der Waals surface area contributed by atoms with Crippen LogP contribution < -0.4 is 0 Å². The van der Waals surface area contributed by atoms with Crippen LogP contribution in [0.15, 0.2) is 16.3 Å². The molecule has 0 amide bonds. The van der Waals surface area contributed by atoms with Gasteiger partial charge in [-0.15, -0.1) is 22.9 Å². The highest BCUT2D eigenvalue weighted by Gasteiger charge is 2.25. The summed E-state index contributed by atoms with van der Waals surface area (Å²) >= 11 is 7.01. The predicted molar refractivity (Wildman–Crippen MR) is 75.7 cm³/mol. The standard InChI is InChI=1S/C12H18ClNO2S2/c13-10-11-6-7-12(17-11)18(15,16)14-8-4-2-1-3-5-9-14/h6-7H,1-5,8-10H2. The van der Waals surface area contributed by atoms with Gasteiger partial charge in [0.05, 0.1) is 5.88 Å². The molecule has 0 N–H and O–H groups in total. The van der Waals surface area contributed by atoms with Gasteiger partial charge in [-0.1, -0.05) is 19.3 Å². The van der Waals surface area contributed by atoms with E-state index in [1.807, 2.05) is 0 Å². The minimum atomic E-state index is -3.30. The summed E-state index contributed by atoms with van der Waals surface area (Å²) in [5.74, 6) is 0.375. The van der Waals surface area contributed by atoms with Crippen LogP contribution in [0, 0.1) is 0 Å². The number of alkyl halides is 1. The Balaban J connectivity index is 2.17. The number of rotatable bonds is 3. The average molecular weight is 308 g/mol. The van der Waals surface area contributed by atoms with Crippen LogP contribution in [0.5, 0.6) is 0 Å². The molecule has 1 aliphatic heterocycles. The lowest BCUT2D eigenvalue weighted by Gasteiger charge is -2.23. The number of nitrogens with zero attached hydrogens (tertiary/aromatic N) is 1. The van der Waals surface area contributed by atoms with Crippen LogP contribution in [0.3, 0.4) is 0 Å². The zero-order valence-electron chi connectivity index (χ0n) is 10.3. The Morgan fingerprint density at radius 1 is 1.11 bits per heavy atom. The molecule has 0 saturated carbocycles. The second kappa shape index (κ2) is 6.37. The van der Waals surface area contributed by atoms with Crippen molar-refractivity contribution >= 4 is 33.0 Å². The molecule has 102 valence electrons. The number of thiophene rings is 1. The third-order valence-corrected chi connectivity index (χ3v) is 7.08. The van der Waals surface area contributed by atoms with Crippen LogP contribution in [0.1, 0.15) is 37.0 Å². The maximum atomic E-state index is 12.5. The molecule has 1 aromatic rings. The minimum Gasteiger partial charge on any atom is -0.206 e. The quantitative estimate of drug-likeness (QED) is 0.802. The first-order chi connectivity index (χ1) is 8.64. The van der Waals surface area contributed by atoms with Crippen molar-refractivity contribution in [3.63, 3.8) is 0 Å². The van der Waals surface area contributed by atoms with E-state index in [0.717, 1.165) is 30.6 Å². The van der Waals surface area contributed by atoms with Gasteiger partial charge in [-0.2, -0.15) is 4.31 Å². The molecule has 2 rings (SSSR count). The van der Waals surface area contributed by atoms with E-state index in [2.05, 4.69) is 0 Å². The monoisotopic (exact) mass is 307 g/mol. The minimum absolute atomic E-state index is 0.375. The summed E-state index contributed by atoms with van der Waals surface area (Å²) in [5, 5.41) is 0. The Morgan fingerprint density at radius 2 is 1.72 bits per heavy atom. The molecule has 0 bridgehead atoms. The van der Waals surface area contributed by atoms with Gasteiger partial charge in [-0.25, -0.2) is 8.42 Å². The summed E-state index contributed by atoms with van der Waals surface area (Å²) in [7, 11) is -3.30. The maximum Gasteiger partial charge on any atom is 0.252 e. The normalized spacial score (nSPS) is 19.4. The highest BCUT2D eigenvalue weighted by molar-refractivity contribution is 7.91. The van der Waals surface area contributed by atoms with Gasteiger partial charge in [0.15, 0.2) is 0 Å². The second-order valence-corrected chi connectivity index (χ2v) is 8.13. The van der Waals surface area contributed by atoms with Gasteiger partial charge < -0.3 is 0 Å². The van der Waals surface area contributed by atoms with Crippen molar-refractivity contribution < 1.29 is 8.42 Å². The lowest BCUT2D eigenvalue weighted by molar-refractivity contribution is 0.365. The molecule has 0 aromatic carbocycles. The first-order valence-electron chi connectivity index (χ1n) is 6.29. The molecule has 6 heteroatoms. The van der Waals surface area contributed by atoms with Crippen LogP contribution in [0.4, 0.5) is 0 Å². The van der Waals surface area contributed by atoms with Crippen molar-refractivity contribution in [3.8, 4) is 0 Å². The van der Waals surface area contributed by atoms with E-state index in [-0.39, 0.29) is 0 Å². The van der Waals surface area contributed by atoms with Gasteiger partial charge in [0.2, 0.25) is 0 Å². The second-order valence-electron chi connectivity index (χ2n) is 4.53. The number of halogens is 1. The maximum absolute atomic E-state index is 12.5. The largest absolute Gasteiger partial charge is 0.252 e. The van der Waals surface area contributed by atoms with E-state index in [0.29, 0.717) is 23.2 Å². The fourth-order valence-electron chi connectivity index (χ4n) is 2.15. The van der Waals surface area contributed by atoms with Crippen LogP contribution >= 0.6 is 22.9 Å². The molecule has 2 heterocycles. The van der Waals surface area contributed by atoms with E-state index < -0.39 is 10.0 Å². The highest BCUT2D eigenvalue weighted by atomic mass is 35.5. The van der Waals surface area contributed by atoms with E-state index >= 15 is 0 Å². The smallest absolute Gasteiger partial charge is 0.206 e. The highest BCUT2D eigenvalue weighted by Crippen LogP contribution is 2.27. The van der Waals surface area contributed by atoms with Crippen molar-refractivity contribution in [2.24, 2.45) is 0 Å². The molecule has 1 saturated heterocycles. The number of sulfonamides is 1. The van der Waals surface area contributed by atoms with E-state index in [4.69, 9.17) is 11.6 Å². The number of hydrogen-bond donors (Lipinski definition) is 0. The molecule has 1 aromatic heterocycles. The molecule has 1 aliphatic rings. The van der Waals surface area contributed by atoms with Gasteiger partial charge in [0, 0.05) is 18.0 Å². The molecule has 0 atom stereocenters. The van der Waals surface area contributed by atoms with Gasteiger partial charge in [-0.3, -0.25) is 0 Å². The van der Waals surface area contributed by atoms with Crippen LogP contribution in [-0.2, 0) is 15.9 Å². The van der Waals surface area contributed by atoms with Gasteiger partial charge in [-0.05, 0) is 25.0 Å². The molecule has 3 nitrogen and oxygen atoms in total. The van der Waals surface area contributed by atoms with Crippen LogP contribution in [0.2, 0.25) is 0 Å². The Morgan fingerprint density at radius 3 is 2.28 bits per heavy atom. The van der Waals surface area contributed by atoms with E-state index in [1.165, 1.54) is 17.8 Å². The molecule has 0 unspecified atom stereocenters. The Bertz CT molecular complexity index is 476. The molecule has 0 aliphatic carbocycles. The fraction of sp³-hybridized carbons (Fsp3) is 0.667. The molecule has 0 spiro atoms. The Hall–Kier alpha value is -0.100. The SMILES string of the molecule is O=S(=O)(c1ccc(CCl)s1)N1CCCCCCC1. The van der Waals surface area contributed by atoms with E-state index in [9.17, 15) is 8.42 Å². The lowest BCUT2D eigenvalue weighted by Crippen LogP contribution is -2.33.